The van der Waals surface area contributed by atoms with E-state index < -0.39 is 36.4 Å². The van der Waals surface area contributed by atoms with E-state index >= 15 is 0 Å². The van der Waals surface area contributed by atoms with Gasteiger partial charge in [0, 0.05) is 17.1 Å². The molecular weight excluding hydrogens is 456 g/mol. The number of nitrogens with zero attached hydrogens (tertiary/aromatic N) is 1. The highest BCUT2D eigenvalue weighted by Crippen LogP contribution is 2.36. The van der Waals surface area contributed by atoms with Crippen molar-refractivity contribution in [2.24, 2.45) is 11.8 Å². The number of halogens is 1. The number of benzene rings is 2. The second kappa shape index (κ2) is 10.2. The average molecular weight is 481 g/mol. The van der Waals surface area contributed by atoms with Gasteiger partial charge >= 0.3 is 5.97 Å². The van der Waals surface area contributed by atoms with Crippen LogP contribution in [0.1, 0.15) is 24.0 Å². The summed E-state index contributed by atoms with van der Waals surface area (Å²) in [5.41, 5.74) is 2.11. The lowest BCUT2D eigenvalue weighted by atomic mass is 9.85. The van der Waals surface area contributed by atoms with Crippen molar-refractivity contribution < 1.29 is 23.9 Å². The first kappa shape index (κ1) is 23.7. The molecule has 0 unspecified atom stereocenters. The highest BCUT2D eigenvalue weighted by molar-refractivity contribution is 6.31. The molecule has 1 fully saturated rings. The van der Waals surface area contributed by atoms with Gasteiger partial charge in [0.15, 0.2) is 6.61 Å². The lowest BCUT2D eigenvalue weighted by molar-refractivity contribution is -0.159. The molecule has 0 bridgehead atoms. The smallest absolute Gasteiger partial charge is 0.330 e. The minimum atomic E-state index is -1.14. The summed E-state index contributed by atoms with van der Waals surface area (Å²) in [6.07, 6.45) is 4.84. The van der Waals surface area contributed by atoms with Crippen LogP contribution in [0.5, 0.6) is 0 Å². The van der Waals surface area contributed by atoms with Gasteiger partial charge in [0.2, 0.25) is 11.8 Å². The van der Waals surface area contributed by atoms with Gasteiger partial charge in [0.25, 0.3) is 5.91 Å². The predicted octanol–water partition coefficient (Wildman–Crippen LogP) is 3.69. The summed E-state index contributed by atoms with van der Waals surface area (Å²) in [5, 5.41) is 3.13. The maximum absolute atomic E-state index is 13.1. The van der Waals surface area contributed by atoms with E-state index in [0.717, 1.165) is 16.0 Å². The zero-order chi connectivity index (χ0) is 24.2. The van der Waals surface area contributed by atoms with Gasteiger partial charge in [-0.1, -0.05) is 60.2 Å². The van der Waals surface area contributed by atoms with Crippen molar-refractivity contribution in [3.63, 3.8) is 0 Å². The molecule has 1 heterocycles. The van der Waals surface area contributed by atoms with Crippen molar-refractivity contribution in [2.75, 3.05) is 11.9 Å². The Hall–Kier alpha value is -3.45. The number of fused-ring (bicyclic) bond motifs is 1. The number of likely N-dealkylation sites (tertiary alicyclic amines) is 1. The molecule has 8 heteroatoms. The van der Waals surface area contributed by atoms with Crippen LogP contribution in [0.4, 0.5) is 5.69 Å². The number of imide groups is 1. The molecule has 1 saturated heterocycles. The number of amides is 3. The first-order chi connectivity index (χ1) is 16.3. The predicted molar refractivity (Wildman–Crippen MR) is 127 cm³/mol. The minimum absolute atomic E-state index is 0.110. The molecule has 1 aliphatic carbocycles. The fourth-order valence-corrected chi connectivity index (χ4v) is 4.53. The number of nitrogens with one attached hydrogen (secondary N) is 1. The fourth-order valence-electron chi connectivity index (χ4n) is 4.35. The zero-order valence-corrected chi connectivity index (χ0v) is 19.5. The monoisotopic (exact) mass is 480 g/mol. The van der Waals surface area contributed by atoms with Crippen LogP contribution >= 0.6 is 11.6 Å². The Balaban J connectivity index is 1.48. The third kappa shape index (κ3) is 5.04. The van der Waals surface area contributed by atoms with Gasteiger partial charge < -0.3 is 10.1 Å². The Morgan fingerprint density at radius 2 is 1.71 bits per heavy atom. The van der Waals surface area contributed by atoms with Crippen molar-refractivity contribution in [3.8, 4) is 0 Å². The first-order valence-corrected chi connectivity index (χ1v) is 11.5. The summed E-state index contributed by atoms with van der Waals surface area (Å²) in [7, 11) is 0. The molecule has 3 amide bonds. The molecule has 1 N–H and O–H groups in total. The number of carbonyl (C=O) groups is 4. The number of allylic oxidation sites excluding steroid dienone is 2. The topological polar surface area (TPSA) is 92.8 Å². The largest absolute Gasteiger partial charge is 0.454 e. The molecule has 4 rings (SSSR count). The minimum Gasteiger partial charge on any atom is -0.454 e. The Kier molecular flexibility index (Phi) is 7.12. The third-order valence-electron chi connectivity index (χ3n) is 6.20. The molecule has 0 radical (unpaired) electrons. The fraction of sp³-hybridized carbons (Fsp3) is 0.308. The van der Waals surface area contributed by atoms with E-state index in [2.05, 4.69) is 5.32 Å². The molecule has 2 aliphatic rings. The lowest BCUT2D eigenvalue weighted by Gasteiger charge is -2.25. The maximum Gasteiger partial charge on any atom is 0.330 e. The standard InChI is InChI=1S/C26H25ClN2O5/c1-16-11-12-18(14-21(16)27)28-23(30)15-34-26(33)22(13-17-7-3-2-4-8-17)29-24(31)19-9-5-6-10-20(19)25(29)32/h2-8,11-12,14,19-20,22H,9-10,13,15H2,1H3,(H,28,30)/t19-,20+,22-/m1/s1. The Labute approximate surface area is 202 Å². The average Bonchev–Trinajstić information content (AvgIpc) is 3.09. The molecule has 3 atom stereocenters. The number of rotatable bonds is 7. The van der Waals surface area contributed by atoms with Crippen LogP contribution in [0.3, 0.4) is 0 Å². The second-order valence-electron chi connectivity index (χ2n) is 8.53. The first-order valence-electron chi connectivity index (χ1n) is 11.1. The van der Waals surface area contributed by atoms with Crippen LogP contribution in [0.2, 0.25) is 5.02 Å². The number of anilines is 1. The van der Waals surface area contributed by atoms with Crippen LogP contribution in [0.25, 0.3) is 0 Å². The number of esters is 1. The summed E-state index contributed by atoms with van der Waals surface area (Å²) >= 11 is 6.08. The number of ether oxygens (including phenoxy) is 1. The summed E-state index contributed by atoms with van der Waals surface area (Å²) in [4.78, 5) is 52.7. The third-order valence-corrected chi connectivity index (χ3v) is 6.61. The summed E-state index contributed by atoms with van der Waals surface area (Å²) in [6, 6.07) is 13.0. The number of hydrogen-bond acceptors (Lipinski definition) is 5. The van der Waals surface area contributed by atoms with Crippen molar-refractivity contribution >= 4 is 41.0 Å². The summed E-state index contributed by atoms with van der Waals surface area (Å²) < 4.78 is 5.28. The molecule has 0 saturated carbocycles. The van der Waals surface area contributed by atoms with E-state index in [4.69, 9.17) is 16.3 Å². The van der Waals surface area contributed by atoms with Crippen molar-refractivity contribution in [3.05, 3.63) is 76.8 Å². The van der Waals surface area contributed by atoms with E-state index in [9.17, 15) is 19.2 Å². The quantitative estimate of drug-likeness (QED) is 0.370. The van der Waals surface area contributed by atoms with Gasteiger partial charge in [0.1, 0.15) is 6.04 Å². The van der Waals surface area contributed by atoms with Crippen LogP contribution in [-0.2, 0) is 30.3 Å². The lowest BCUT2D eigenvalue weighted by Crippen LogP contribution is -2.48. The Morgan fingerprint density at radius 1 is 1.06 bits per heavy atom. The Bertz CT molecular complexity index is 1120. The molecule has 0 aromatic heterocycles. The molecule has 7 nitrogen and oxygen atoms in total. The van der Waals surface area contributed by atoms with E-state index in [1.807, 2.05) is 49.4 Å². The van der Waals surface area contributed by atoms with Gasteiger partial charge in [-0.15, -0.1) is 0 Å². The molecule has 2 aromatic rings. The van der Waals surface area contributed by atoms with Gasteiger partial charge in [-0.25, -0.2) is 4.79 Å². The van der Waals surface area contributed by atoms with Crippen LogP contribution in [0, 0.1) is 18.8 Å². The van der Waals surface area contributed by atoms with Crippen molar-refractivity contribution in [1.82, 2.24) is 4.90 Å². The van der Waals surface area contributed by atoms with Gasteiger partial charge in [-0.2, -0.15) is 0 Å². The molecule has 1 aliphatic heterocycles. The highest BCUT2D eigenvalue weighted by atomic mass is 35.5. The van der Waals surface area contributed by atoms with Crippen LogP contribution in [-0.4, -0.2) is 41.2 Å². The van der Waals surface area contributed by atoms with Gasteiger partial charge in [-0.05, 0) is 43.0 Å². The van der Waals surface area contributed by atoms with E-state index in [-0.39, 0.29) is 18.2 Å². The van der Waals surface area contributed by atoms with Crippen molar-refractivity contribution in [2.45, 2.75) is 32.2 Å². The molecule has 0 spiro atoms. The van der Waals surface area contributed by atoms with E-state index in [1.54, 1.807) is 18.2 Å². The zero-order valence-electron chi connectivity index (χ0n) is 18.7. The second-order valence-corrected chi connectivity index (χ2v) is 8.93. The SMILES string of the molecule is Cc1ccc(NC(=O)COC(=O)[C@@H](Cc2ccccc2)N2C(=O)[C@H]3CC=CC[C@H]3C2=O)cc1Cl. The highest BCUT2D eigenvalue weighted by Gasteiger charge is 2.51. The molecule has 176 valence electrons. The van der Waals surface area contributed by atoms with Crippen LogP contribution in [0.15, 0.2) is 60.7 Å². The van der Waals surface area contributed by atoms with Crippen molar-refractivity contribution in [1.29, 1.82) is 0 Å². The Morgan fingerprint density at radius 3 is 2.32 bits per heavy atom. The summed E-state index contributed by atoms with van der Waals surface area (Å²) in [6.45, 7) is 1.29. The molecule has 2 aromatic carbocycles. The van der Waals surface area contributed by atoms with Gasteiger partial charge in [-0.3, -0.25) is 19.3 Å². The maximum atomic E-state index is 13.1. The molecular formula is C26H25ClN2O5. The number of hydrogen-bond donors (Lipinski definition) is 1. The van der Waals surface area contributed by atoms with Crippen LogP contribution < -0.4 is 5.32 Å². The summed E-state index contributed by atoms with van der Waals surface area (Å²) in [5.74, 6) is -3.00. The number of aryl methyl sites for hydroxylation is 1. The normalized spacial score (nSPS) is 20.1. The molecule has 34 heavy (non-hydrogen) atoms. The van der Waals surface area contributed by atoms with Gasteiger partial charge in [0.05, 0.1) is 11.8 Å². The van der Waals surface area contributed by atoms with E-state index in [1.165, 1.54) is 0 Å². The van der Waals surface area contributed by atoms with E-state index in [0.29, 0.717) is 23.6 Å². The number of carbonyl (C=O) groups excluding carboxylic acids is 4.